The Morgan fingerprint density at radius 3 is 2.33 bits per heavy atom. The SMILES string of the molecule is CNC(Cc1ccc(F)c(F)c1)c1ccc(OC)cc1F. The summed E-state index contributed by atoms with van der Waals surface area (Å²) in [7, 11) is 3.15. The molecule has 0 saturated heterocycles. The number of hydrogen-bond acceptors (Lipinski definition) is 2. The van der Waals surface area contributed by atoms with Crippen LogP contribution in [0, 0.1) is 17.5 Å². The summed E-state index contributed by atoms with van der Waals surface area (Å²) >= 11 is 0. The second-order valence-corrected chi connectivity index (χ2v) is 4.68. The third-order valence-electron chi connectivity index (χ3n) is 3.36. The van der Waals surface area contributed by atoms with E-state index in [9.17, 15) is 13.2 Å². The Labute approximate surface area is 121 Å². The molecule has 2 nitrogen and oxygen atoms in total. The first kappa shape index (κ1) is 15.4. The minimum atomic E-state index is -0.905. The lowest BCUT2D eigenvalue weighted by Crippen LogP contribution is -2.20. The molecule has 0 spiro atoms. The van der Waals surface area contributed by atoms with E-state index in [2.05, 4.69) is 5.32 Å². The van der Waals surface area contributed by atoms with E-state index in [0.717, 1.165) is 12.1 Å². The highest BCUT2D eigenvalue weighted by molar-refractivity contribution is 5.32. The van der Waals surface area contributed by atoms with Crippen LogP contribution in [0.1, 0.15) is 17.2 Å². The maximum atomic E-state index is 14.1. The van der Waals surface area contributed by atoms with Crippen LogP contribution in [0.5, 0.6) is 5.75 Å². The van der Waals surface area contributed by atoms with E-state index >= 15 is 0 Å². The van der Waals surface area contributed by atoms with Gasteiger partial charge in [-0.15, -0.1) is 0 Å². The van der Waals surface area contributed by atoms with Crippen LogP contribution >= 0.6 is 0 Å². The summed E-state index contributed by atoms with van der Waals surface area (Å²) in [5.41, 5.74) is 1.03. The molecule has 1 atom stereocenters. The topological polar surface area (TPSA) is 21.3 Å². The van der Waals surface area contributed by atoms with Crippen molar-refractivity contribution in [3.63, 3.8) is 0 Å². The molecule has 0 bridgehead atoms. The van der Waals surface area contributed by atoms with E-state index < -0.39 is 17.5 Å². The second-order valence-electron chi connectivity index (χ2n) is 4.68. The molecule has 112 valence electrons. The van der Waals surface area contributed by atoms with Crippen molar-refractivity contribution >= 4 is 0 Å². The summed E-state index contributed by atoms with van der Waals surface area (Å²) in [6, 6.07) is 7.92. The summed E-state index contributed by atoms with van der Waals surface area (Å²) in [5.74, 6) is -1.77. The van der Waals surface area contributed by atoms with Gasteiger partial charge in [0.2, 0.25) is 0 Å². The van der Waals surface area contributed by atoms with Gasteiger partial charge in [0.1, 0.15) is 11.6 Å². The van der Waals surface area contributed by atoms with Gasteiger partial charge in [0.05, 0.1) is 7.11 Å². The first-order valence-corrected chi connectivity index (χ1v) is 6.49. The number of benzene rings is 2. The maximum absolute atomic E-state index is 14.1. The van der Waals surface area contributed by atoms with Crippen LogP contribution in [0.4, 0.5) is 13.2 Å². The van der Waals surface area contributed by atoms with Crippen molar-refractivity contribution in [2.45, 2.75) is 12.5 Å². The van der Waals surface area contributed by atoms with E-state index in [1.165, 1.54) is 19.2 Å². The largest absolute Gasteiger partial charge is 0.497 e. The van der Waals surface area contributed by atoms with Crippen molar-refractivity contribution in [2.24, 2.45) is 0 Å². The lowest BCUT2D eigenvalue weighted by atomic mass is 9.98. The average Bonchev–Trinajstić information content (AvgIpc) is 2.48. The summed E-state index contributed by atoms with van der Waals surface area (Å²) in [4.78, 5) is 0. The highest BCUT2D eigenvalue weighted by Gasteiger charge is 2.16. The third kappa shape index (κ3) is 3.55. The van der Waals surface area contributed by atoms with E-state index in [0.29, 0.717) is 23.3 Å². The fourth-order valence-electron chi connectivity index (χ4n) is 2.19. The Bertz CT molecular complexity index is 631. The first-order chi connectivity index (χ1) is 10.0. The highest BCUT2D eigenvalue weighted by atomic mass is 19.2. The Hall–Kier alpha value is -2.01. The lowest BCUT2D eigenvalue weighted by Gasteiger charge is -2.18. The van der Waals surface area contributed by atoms with Crippen LogP contribution in [-0.2, 0) is 6.42 Å². The highest BCUT2D eigenvalue weighted by Crippen LogP contribution is 2.25. The predicted molar refractivity (Wildman–Crippen MR) is 74.8 cm³/mol. The van der Waals surface area contributed by atoms with Crippen molar-refractivity contribution in [3.8, 4) is 5.75 Å². The summed E-state index contributed by atoms with van der Waals surface area (Å²) in [6.45, 7) is 0. The second kappa shape index (κ2) is 6.63. The summed E-state index contributed by atoms with van der Waals surface area (Å²) < 4.78 is 45.2. The van der Waals surface area contributed by atoms with Crippen molar-refractivity contribution in [1.29, 1.82) is 0 Å². The van der Waals surface area contributed by atoms with Crippen LogP contribution in [0.25, 0.3) is 0 Å². The standard InChI is InChI=1S/C16H16F3NO/c1-20-16(8-10-3-6-13(17)15(19)7-10)12-5-4-11(21-2)9-14(12)18/h3-7,9,16,20H,8H2,1-2H3. The monoisotopic (exact) mass is 295 g/mol. The van der Waals surface area contributed by atoms with Gasteiger partial charge in [-0.25, -0.2) is 13.2 Å². The van der Waals surface area contributed by atoms with Crippen molar-refractivity contribution in [3.05, 3.63) is 65.0 Å². The normalized spacial score (nSPS) is 12.2. The number of ether oxygens (including phenoxy) is 1. The summed E-state index contributed by atoms with van der Waals surface area (Å²) in [5, 5.41) is 2.98. The van der Waals surface area contributed by atoms with Gasteiger partial charge in [0.25, 0.3) is 0 Å². The summed E-state index contributed by atoms with van der Waals surface area (Å²) in [6.07, 6.45) is 0.344. The van der Waals surface area contributed by atoms with Gasteiger partial charge in [-0.2, -0.15) is 0 Å². The fourth-order valence-corrected chi connectivity index (χ4v) is 2.19. The quantitative estimate of drug-likeness (QED) is 0.909. The Balaban J connectivity index is 2.25. The molecule has 0 aliphatic carbocycles. The molecule has 2 rings (SSSR count). The third-order valence-corrected chi connectivity index (χ3v) is 3.36. The number of likely N-dealkylation sites (N-methyl/N-ethyl adjacent to an activating group) is 1. The number of methoxy groups -OCH3 is 1. The number of hydrogen-bond donors (Lipinski definition) is 1. The molecule has 0 aliphatic rings. The molecule has 1 unspecified atom stereocenters. The van der Waals surface area contributed by atoms with Gasteiger partial charge in [-0.1, -0.05) is 12.1 Å². The molecule has 0 fully saturated rings. The average molecular weight is 295 g/mol. The van der Waals surface area contributed by atoms with Crippen LogP contribution in [0.15, 0.2) is 36.4 Å². The molecule has 0 heterocycles. The van der Waals surface area contributed by atoms with Crippen LogP contribution in [-0.4, -0.2) is 14.2 Å². The molecule has 5 heteroatoms. The molecule has 0 radical (unpaired) electrons. The molecule has 1 N–H and O–H groups in total. The minimum Gasteiger partial charge on any atom is -0.497 e. The fraction of sp³-hybridized carbons (Fsp3) is 0.250. The molecule has 0 saturated carbocycles. The minimum absolute atomic E-state index is 0.344. The molecule has 21 heavy (non-hydrogen) atoms. The van der Waals surface area contributed by atoms with Gasteiger partial charge in [-0.3, -0.25) is 0 Å². The molecular weight excluding hydrogens is 279 g/mol. The number of rotatable bonds is 5. The Morgan fingerprint density at radius 2 is 1.76 bits per heavy atom. The zero-order valence-electron chi connectivity index (χ0n) is 11.8. The van der Waals surface area contributed by atoms with Gasteiger partial charge in [-0.05, 0) is 37.2 Å². The van der Waals surface area contributed by atoms with E-state index in [-0.39, 0.29) is 6.04 Å². The van der Waals surface area contributed by atoms with Crippen molar-refractivity contribution in [1.82, 2.24) is 5.32 Å². The van der Waals surface area contributed by atoms with E-state index in [4.69, 9.17) is 4.74 Å². The first-order valence-electron chi connectivity index (χ1n) is 6.49. The van der Waals surface area contributed by atoms with Crippen molar-refractivity contribution in [2.75, 3.05) is 14.2 Å². The Kier molecular flexibility index (Phi) is 4.85. The van der Waals surface area contributed by atoms with Gasteiger partial charge in [0.15, 0.2) is 11.6 Å². The van der Waals surface area contributed by atoms with Crippen LogP contribution in [0.3, 0.4) is 0 Å². The van der Waals surface area contributed by atoms with Crippen LogP contribution in [0.2, 0.25) is 0 Å². The van der Waals surface area contributed by atoms with E-state index in [1.807, 2.05) is 0 Å². The Morgan fingerprint density at radius 1 is 1.00 bits per heavy atom. The molecule has 0 aliphatic heterocycles. The zero-order chi connectivity index (χ0) is 15.4. The number of halogens is 3. The molecule has 2 aromatic rings. The smallest absolute Gasteiger partial charge is 0.159 e. The number of nitrogens with one attached hydrogen (secondary N) is 1. The molecule has 2 aromatic carbocycles. The molecule has 0 aromatic heterocycles. The van der Waals surface area contributed by atoms with Gasteiger partial charge >= 0.3 is 0 Å². The van der Waals surface area contributed by atoms with Crippen LogP contribution < -0.4 is 10.1 Å². The lowest BCUT2D eigenvalue weighted by molar-refractivity contribution is 0.409. The van der Waals surface area contributed by atoms with E-state index in [1.54, 1.807) is 19.2 Å². The zero-order valence-corrected chi connectivity index (χ0v) is 11.8. The predicted octanol–water partition coefficient (Wildman–Crippen LogP) is 3.62. The van der Waals surface area contributed by atoms with Crippen molar-refractivity contribution < 1.29 is 17.9 Å². The molecule has 0 amide bonds. The molecular formula is C16H16F3NO. The van der Waals surface area contributed by atoms with Gasteiger partial charge in [0, 0.05) is 17.7 Å². The maximum Gasteiger partial charge on any atom is 0.159 e. The van der Waals surface area contributed by atoms with Gasteiger partial charge < -0.3 is 10.1 Å².